The van der Waals surface area contributed by atoms with E-state index in [0.29, 0.717) is 0 Å². The van der Waals surface area contributed by atoms with E-state index in [9.17, 15) is 0 Å². The molecule has 0 amide bonds. The lowest BCUT2D eigenvalue weighted by Gasteiger charge is -2.21. The highest BCUT2D eigenvalue weighted by Crippen LogP contribution is 2.44. The van der Waals surface area contributed by atoms with E-state index in [2.05, 4.69) is 74.2 Å². The fraction of sp³-hybridized carbons (Fsp3) is 0.300. The van der Waals surface area contributed by atoms with Gasteiger partial charge in [0.05, 0.1) is 0 Å². The predicted octanol–water partition coefficient (Wildman–Crippen LogP) is 5.60. The van der Waals surface area contributed by atoms with Crippen molar-refractivity contribution in [3.8, 4) is 0 Å². The summed E-state index contributed by atoms with van der Waals surface area (Å²) in [6.45, 7) is 6.69. The van der Waals surface area contributed by atoms with E-state index in [1.54, 1.807) is 0 Å². The summed E-state index contributed by atoms with van der Waals surface area (Å²) in [4.78, 5) is 0. The second-order valence-electron chi connectivity index (χ2n) is 5.38. The lowest BCUT2D eigenvalue weighted by molar-refractivity contribution is 0.672. The van der Waals surface area contributed by atoms with E-state index in [-0.39, 0.29) is 0 Å². The lowest BCUT2D eigenvalue weighted by atomic mass is 10.1. The molecule has 1 heteroatoms. The van der Waals surface area contributed by atoms with Gasteiger partial charge in [-0.3, -0.25) is 0 Å². The second-order valence-corrected chi connectivity index (χ2v) is 7.72. The van der Waals surface area contributed by atoms with Crippen molar-refractivity contribution in [3.05, 3.63) is 72.6 Å². The molecule has 0 aliphatic rings. The third kappa shape index (κ3) is 4.83. The molecule has 21 heavy (non-hydrogen) atoms. The zero-order valence-corrected chi connectivity index (χ0v) is 13.9. The lowest BCUT2D eigenvalue weighted by Crippen LogP contribution is -2.12. The molecule has 0 spiro atoms. The molecule has 0 aliphatic carbocycles. The summed E-state index contributed by atoms with van der Waals surface area (Å²) in [5.74, 6) is 0. The standard InChI is InChI=1S/C20H25P/c1-3-4-5-8-13-18(2)21(19-14-9-6-10-15-19)20-16-11-7-12-17-20/h6-7,9-12,14-17H,2-5,8,13H2,1H3. The van der Waals surface area contributed by atoms with Gasteiger partial charge in [-0.2, -0.15) is 0 Å². The van der Waals surface area contributed by atoms with Crippen LogP contribution in [0, 0.1) is 0 Å². The molecule has 0 radical (unpaired) electrons. The molecule has 2 rings (SSSR count). The average molecular weight is 296 g/mol. The van der Waals surface area contributed by atoms with Crippen LogP contribution in [0.25, 0.3) is 0 Å². The molecule has 110 valence electrons. The number of benzene rings is 2. The maximum absolute atomic E-state index is 4.43. The van der Waals surface area contributed by atoms with Crippen LogP contribution in [-0.4, -0.2) is 0 Å². The van der Waals surface area contributed by atoms with Crippen LogP contribution < -0.4 is 10.6 Å². The molecule has 2 aromatic rings. The molecule has 0 N–H and O–H groups in total. The molecule has 0 atom stereocenters. The van der Waals surface area contributed by atoms with E-state index >= 15 is 0 Å². The maximum Gasteiger partial charge on any atom is -0.0154 e. The number of rotatable bonds is 8. The van der Waals surface area contributed by atoms with Gasteiger partial charge in [0.1, 0.15) is 0 Å². The molecular formula is C20H25P. The Hall–Kier alpha value is -1.39. The smallest absolute Gasteiger partial charge is 0.0154 e. The van der Waals surface area contributed by atoms with Gasteiger partial charge in [0, 0.05) is 0 Å². The van der Waals surface area contributed by atoms with Crippen molar-refractivity contribution in [2.24, 2.45) is 0 Å². The summed E-state index contributed by atoms with van der Waals surface area (Å²) in [5.41, 5.74) is 0. The third-order valence-corrected chi connectivity index (χ3v) is 6.15. The van der Waals surface area contributed by atoms with Crippen LogP contribution in [0.4, 0.5) is 0 Å². The van der Waals surface area contributed by atoms with Crippen LogP contribution in [0.1, 0.15) is 39.0 Å². The van der Waals surface area contributed by atoms with E-state index in [0.717, 1.165) is 6.42 Å². The van der Waals surface area contributed by atoms with Crippen molar-refractivity contribution < 1.29 is 0 Å². The van der Waals surface area contributed by atoms with Crippen molar-refractivity contribution in [1.82, 2.24) is 0 Å². The molecule has 2 aromatic carbocycles. The van der Waals surface area contributed by atoms with Crippen LogP contribution in [-0.2, 0) is 0 Å². The fourth-order valence-electron chi connectivity index (χ4n) is 2.54. The highest BCUT2D eigenvalue weighted by molar-refractivity contribution is 7.76. The summed E-state index contributed by atoms with van der Waals surface area (Å²) >= 11 is 0. The summed E-state index contributed by atoms with van der Waals surface area (Å²) in [5, 5.41) is 4.23. The first-order valence-corrected chi connectivity index (χ1v) is 9.25. The molecule has 0 fully saturated rings. The molecule has 0 nitrogen and oxygen atoms in total. The summed E-state index contributed by atoms with van der Waals surface area (Å²) in [7, 11) is -0.427. The van der Waals surface area contributed by atoms with Crippen LogP contribution in [0.2, 0.25) is 0 Å². The number of hydrogen-bond acceptors (Lipinski definition) is 0. The largest absolute Gasteiger partial charge is 0.0947 e. The van der Waals surface area contributed by atoms with E-state index in [4.69, 9.17) is 0 Å². The second kappa shape index (κ2) is 8.80. The Bertz CT molecular complexity index is 491. The number of unbranched alkanes of at least 4 members (excludes halogenated alkanes) is 3. The molecule has 0 bridgehead atoms. The monoisotopic (exact) mass is 296 g/mol. The number of allylic oxidation sites excluding steroid dienone is 1. The van der Waals surface area contributed by atoms with Gasteiger partial charge >= 0.3 is 0 Å². The molecule has 0 unspecified atom stereocenters. The topological polar surface area (TPSA) is 0 Å². The van der Waals surface area contributed by atoms with Gasteiger partial charge in [0.25, 0.3) is 0 Å². The Balaban J connectivity index is 2.15. The van der Waals surface area contributed by atoms with E-state index in [1.165, 1.54) is 41.6 Å². The van der Waals surface area contributed by atoms with Crippen LogP contribution in [0.5, 0.6) is 0 Å². The Labute approximate surface area is 130 Å². The van der Waals surface area contributed by atoms with Crippen molar-refractivity contribution in [2.45, 2.75) is 39.0 Å². The first kappa shape index (κ1) is 16.0. The maximum atomic E-state index is 4.43. The van der Waals surface area contributed by atoms with Crippen LogP contribution in [0.15, 0.2) is 72.6 Å². The van der Waals surface area contributed by atoms with Crippen molar-refractivity contribution in [1.29, 1.82) is 0 Å². The fourth-order valence-corrected chi connectivity index (χ4v) is 4.89. The van der Waals surface area contributed by atoms with Gasteiger partial charge in [-0.05, 0) is 36.7 Å². The van der Waals surface area contributed by atoms with Crippen molar-refractivity contribution in [2.75, 3.05) is 0 Å². The first-order chi connectivity index (χ1) is 10.3. The number of hydrogen-bond donors (Lipinski definition) is 0. The van der Waals surface area contributed by atoms with Crippen molar-refractivity contribution >= 4 is 18.5 Å². The molecule has 0 heterocycles. The summed E-state index contributed by atoms with van der Waals surface area (Å²) in [6, 6.07) is 21.7. The Morgan fingerprint density at radius 2 is 1.33 bits per heavy atom. The van der Waals surface area contributed by atoms with Gasteiger partial charge < -0.3 is 0 Å². The first-order valence-electron chi connectivity index (χ1n) is 7.91. The minimum atomic E-state index is -0.427. The van der Waals surface area contributed by atoms with Gasteiger partial charge in [-0.25, -0.2) is 0 Å². The quantitative estimate of drug-likeness (QED) is 0.439. The minimum Gasteiger partial charge on any atom is -0.0947 e. The van der Waals surface area contributed by atoms with Gasteiger partial charge in [0.2, 0.25) is 0 Å². The molecular weight excluding hydrogens is 271 g/mol. The van der Waals surface area contributed by atoms with Gasteiger partial charge in [-0.1, -0.05) is 93.4 Å². The Kier molecular flexibility index (Phi) is 6.70. The normalized spacial score (nSPS) is 10.8. The highest BCUT2D eigenvalue weighted by Gasteiger charge is 2.16. The average Bonchev–Trinajstić information content (AvgIpc) is 2.54. The van der Waals surface area contributed by atoms with Crippen LogP contribution in [0.3, 0.4) is 0 Å². The van der Waals surface area contributed by atoms with Gasteiger partial charge in [0.15, 0.2) is 0 Å². The summed E-state index contributed by atoms with van der Waals surface area (Å²) in [6.07, 6.45) is 6.36. The van der Waals surface area contributed by atoms with E-state index < -0.39 is 7.92 Å². The molecule has 0 aliphatic heterocycles. The molecule has 0 saturated heterocycles. The Morgan fingerprint density at radius 3 is 1.81 bits per heavy atom. The SMILES string of the molecule is C=C(CCCCCC)P(c1ccccc1)c1ccccc1. The zero-order chi connectivity index (χ0) is 14.9. The summed E-state index contributed by atoms with van der Waals surface area (Å²) < 4.78 is 0. The molecule has 0 saturated carbocycles. The minimum absolute atomic E-state index is 0.427. The predicted molar refractivity (Wildman–Crippen MR) is 97.0 cm³/mol. The van der Waals surface area contributed by atoms with Gasteiger partial charge in [-0.15, -0.1) is 0 Å². The Morgan fingerprint density at radius 1 is 0.810 bits per heavy atom. The van der Waals surface area contributed by atoms with Crippen LogP contribution >= 0.6 is 7.92 Å². The molecule has 0 aromatic heterocycles. The highest BCUT2D eigenvalue weighted by atomic mass is 31.1. The van der Waals surface area contributed by atoms with E-state index in [1.807, 2.05) is 0 Å². The van der Waals surface area contributed by atoms with Crippen molar-refractivity contribution in [3.63, 3.8) is 0 Å². The zero-order valence-electron chi connectivity index (χ0n) is 13.0. The third-order valence-electron chi connectivity index (χ3n) is 3.66.